The Balaban J connectivity index is 2.20. The van der Waals surface area contributed by atoms with Crippen molar-refractivity contribution < 1.29 is 40.7 Å². The molecule has 0 radical (unpaired) electrons. The van der Waals surface area contributed by atoms with Gasteiger partial charge in [0.2, 0.25) is 9.84 Å². The third-order valence-corrected chi connectivity index (χ3v) is 5.11. The zero-order chi connectivity index (χ0) is 22.5. The average molecular weight is 448 g/mol. The molecular weight excluding hydrogens is 433 g/mol. The van der Waals surface area contributed by atoms with E-state index in [1.807, 2.05) is 10.9 Å². The summed E-state index contributed by atoms with van der Waals surface area (Å²) in [5.74, 6) is -2.15. The van der Waals surface area contributed by atoms with Crippen LogP contribution < -0.4 is 21.3 Å². The third-order valence-electron chi connectivity index (χ3n) is 3.38. The Labute approximate surface area is 168 Å². The number of anilines is 1. The molecule has 1 aromatic carbocycles. The minimum Gasteiger partial charge on any atom is -0.406 e. The molecule has 1 aromatic heterocycles. The van der Waals surface area contributed by atoms with Gasteiger partial charge < -0.3 is 15.2 Å². The molecule has 10 nitrogen and oxygen atoms in total. The summed E-state index contributed by atoms with van der Waals surface area (Å²) < 4.78 is 70.1. The second-order valence-electron chi connectivity index (χ2n) is 5.57. The van der Waals surface area contributed by atoms with Gasteiger partial charge in [-0.05, 0) is 30.3 Å². The number of pyridine rings is 1. The molecule has 2 rings (SSSR count). The van der Waals surface area contributed by atoms with Crippen LogP contribution in [0.5, 0.6) is 5.75 Å². The Bertz CT molecular complexity index is 1040. The summed E-state index contributed by atoms with van der Waals surface area (Å²) in [4.78, 5) is 26.2. The van der Waals surface area contributed by atoms with Crippen LogP contribution in [0.1, 0.15) is 10.5 Å². The lowest BCUT2D eigenvalue weighted by Crippen LogP contribution is -2.43. The number of rotatable bonds is 6. The highest BCUT2D eigenvalue weighted by molar-refractivity contribution is 7.91. The van der Waals surface area contributed by atoms with Gasteiger partial charge >= 0.3 is 6.36 Å². The van der Waals surface area contributed by atoms with Crippen LogP contribution in [0.15, 0.2) is 46.3 Å². The molecule has 0 bridgehead atoms. The minimum atomic E-state index is -4.92. The van der Waals surface area contributed by atoms with E-state index in [2.05, 4.69) is 14.5 Å². The highest BCUT2D eigenvalue weighted by atomic mass is 32.2. The molecule has 30 heavy (non-hydrogen) atoms. The number of nitrogens with one attached hydrogen (secondary N) is 2. The Hall–Kier alpha value is -3.39. The van der Waals surface area contributed by atoms with Gasteiger partial charge in [-0.2, -0.15) is 0 Å². The summed E-state index contributed by atoms with van der Waals surface area (Å²) in [5, 5.41) is 0. The van der Waals surface area contributed by atoms with Crippen LogP contribution in [0.3, 0.4) is 0 Å². The van der Waals surface area contributed by atoms with E-state index >= 15 is 0 Å². The molecule has 0 fully saturated rings. The number of nitrogens with zero attached hydrogens (tertiary/aromatic N) is 1. The normalized spacial score (nSPS) is 11.6. The van der Waals surface area contributed by atoms with E-state index in [1.165, 1.54) is 7.11 Å². The molecule has 0 saturated heterocycles. The molecule has 162 valence electrons. The first kappa shape index (κ1) is 22.9. The second kappa shape index (κ2) is 8.96. The number of hydrogen-bond donors (Lipinski definition) is 3. The van der Waals surface area contributed by atoms with Crippen LogP contribution in [0.25, 0.3) is 0 Å². The van der Waals surface area contributed by atoms with Crippen molar-refractivity contribution >= 4 is 27.3 Å². The fraction of sp³-hybridized carbons (Fsp3) is 0.188. The molecule has 2 amide bonds. The zero-order valence-corrected chi connectivity index (χ0v) is 16.0. The molecule has 4 N–H and O–H groups in total. The standard InChI is InChI=1S/C16H15F3N4O6S/c1-28-8-13(24)22-23-15(25)14-12(20)6-11(7-21-14)30(26,27)10-4-2-9(3-5-10)29-16(17,18)19/h2-7H,8,20H2,1H3,(H,22,24)(H,23,25). The largest absolute Gasteiger partial charge is 0.573 e. The summed E-state index contributed by atoms with van der Waals surface area (Å²) >= 11 is 0. The monoisotopic (exact) mass is 448 g/mol. The highest BCUT2D eigenvalue weighted by Gasteiger charge is 2.31. The number of ether oxygens (including phenoxy) is 2. The molecule has 0 spiro atoms. The summed E-state index contributed by atoms with van der Waals surface area (Å²) in [6.45, 7) is -0.312. The number of benzene rings is 1. The van der Waals surface area contributed by atoms with Gasteiger partial charge in [-0.3, -0.25) is 20.4 Å². The first-order chi connectivity index (χ1) is 13.9. The number of methoxy groups -OCH3 is 1. The topological polar surface area (TPSA) is 150 Å². The fourth-order valence-electron chi connectivity index (χ4n) is 2.11. The molecular formula is C16H15F3N4O6S. The number of hydrazine groups is 1. The van der Waals surface area contributed by atoms with Gasteiger partial charge in [0.05, 0.1) is 15.5 Å². The third kappa shape index (κ3) is 5.81. The van der Waals surface area contributed by atoms with Gasteiger partial charge in [0.15, 0.2) is 5.69 Å². The fourth-order valence-corrected chi connectivity index (χ4v) is 3.35. The first-order valence-corrected chi connectivity index (χ1v) is 9.37. The number of hydrogen-bond acceptors (Lipinski definition) is 8. The number of nitrogen functional groups attached to an aromatic ring is 1. The number of alkyl halides is 3. The number of carbonyl (C=O) groups excluding carboxylic acids is 2. The van der Waals surface area contributed by atoms with Crippen LogP contribution in [-0.4, -0.2) is 45.3 Å². The van der Waals surface area contributed by atoms with E-state index in [1.54, 1.807) is 0 Å². The van der Waals surface area contributed by atoms with Gasteiger partial charge in [0.25, 0.3) is 11.8 Å². The van der Waals surface area contributed by atoms with E-state index in [4.69, 9.17) is 5.73 Å². The molecule has 0 saturated carbocycles. The predicted molar refractivity (Wildman–Crippen MR) is 94.7 cm³/mol. The van der Waals surface area contributed by atoms with E-state index in [0.717, 1.165) is 36.5 Å². The first-order valence-electron chi connectivity index (χ1n) is 7.88. The quantitative estimate of drug-likeness (QED) is 0.550. The SMILES string of the molecule is COCC(=O)NNC(=O)c1ncc(S(=O)(=O)c2ccc(OC(F)(F)F)cc2)cc1N. The van der Waals surface area contributed by atoms with Crippen molar-refractivity contribution in [2.45, 2.75) is 16.2 Å². The Morgan fingerprint density at radius 3 is 2.30 bits per heavy atom. The molecule has 0 unspecified atom stereocenters. The smallest absolute Gasteiger partial charge is 0.406 e. The molecule has 0 aliphatic rings. The number of halogens is 3. The van der Waals surface area contributed by atoms with Gasteiger partial charge in [0.1, 0.15) is 12.4 Å². The van der Waals surface area contributed by atoms with Crippen molar-refractivity contribution in [1.29, 1.82) is 0 Å². The van der Waals surface area contributed by atoms with Gasteiger partial charge in [-0.1, -0.05) is 0 Å². The summed E-state index contributed by atoms with van der Waals surface area (Å²) in [6.07, 6.45) is -4.07. The zero-order valence-electron chi connectivity index (χ0n) is 15.2. The Morgan fingerprint density at radius 2 is 1.77 bits per heavy atom. The van der Waals surface area contributed by atoms with Crippen LogP contribution in [0.4, 0.5) is 18.9 Å². The number of aromatic nitrogens is 1. The molecule has 1 heterocycles. The van der Waals surface area contributed by atoms with Crippen molar-refractivity contribution in [2.75, 3.05) is 19.5 Å². The second-order valence-corrected chi connectivity index (χ2v) is 7.52. The maximum Gasteiger partial charge on any atom is 0.573 e. The lowest BCUT2D eigenvalue weighted by molar-refractivity contribution is -0.274. The van der Waals surface area contributed by atoms with E-state index < -0.39 is 38.7 Å². The summed E-state index contributed by atoms with van der Waals surface area (Å²) in [5.41, 5.74) is 9.07. The predicted octanol–water partition coefficient (Wildman–Crippen LogP) is 0.803. The Morgan fingerprint density at radius 1 is 1.13 bits per heavy atom. The maximum absolute atomic E-state index is 12.6. The summed E-state index contributed by atoms with van der Waals surface area (Å²) in [6, 6.07) is 4.45. The lowest BCUT2D eigenvalue weighted by Gasteiger charge is -2.11. The van der Waals surface area contributed by atoms with E-state index in [9.17, 15) is 31.2 Å². The van der Waals surface area contributed by atoms with Gasteiger partial charge in [0, 0.05) is 13.3 Å². The van der Waals surface area contributed by atoms with Crippen molar-refractivity contribution in [3.63, 3.8) is 0 Å². The van der Waals surface area contributed by atoms with Gasteiger partial charge in [-0.25, -0.2) is 13.4 Å². The number of carbonyl (C=O) groups is 2. The van der Waals surface area contributed by atoms with Crippen molar-refractivity contribution in [1.82, 2.24) is 15.8 Å². The van der Waals surface area contributed by atoms with Gasteiger partial charge in [-0.15, -0.1) is 13.2 Å². The molecule has 0 aliphatic heterocycles. The highest BCUT2D eigenvalue weighted by Crippen LogP contribution is 2.27. The van der Waals surface area contributed by atoms with E-state index in [0.29, 0.717) is 0 Å². The van der Waals surface area contributed by atoms with Crippen LogP contribution in [0.2, 0.25) is 0 Å². The molecule has 0 aliphatic carbocycles. The van der Waals surface area contributed by atoms with Crippen molar-refractivity contribution in [3.05, 3.63) is 42.2 Å². The average Bonchev–Trinajstić information content (AvgIpc) is 2.65. The van der Waals surface area contributed by atoms with Crippen LogP contribution in [-0.2, 0) is 19.4 Å². The van der Waals surface area contributed by atoms with Crippen LogP contribution in [0, 0.1) is 0 Å². The molecule has 2 aromatic rings. The Kier molecular flexibility index (Phi) is 6.84. The minimum absolute atomic E-state index is 0.312. The van der Waals surface area contributed by atoms with Crippen molar-refractivity contribution in [2.24, 2.45) is 0 Å². The molecule has 14 heteroatoms. The molecule has 0 atom stereocenters. The lowest BCUT2D eigenvalue weighted by atomic mass is 10.3. The number of sulfone groups is 1. The number of amides is 2. The summed E-state index contributed by atoms with van der Waals surface area (Å²) in [7, 11) is -2.92. The van der Waals surface area contributed by atoms with E-state index in [-0.39, 0.29) is 22.9 Å². The van der Waals surface area contributed by atoms with Crippen LogP contribution >= 0.6 is 0 Å². The number of nitrogens with two attached hydrogens (primary N) is 1. The van der Waals surface area contributed by atoms with Crippen molar-refractivity contribution in [3.8, 4) is 5.75 Å². The maximum atomic E-state index is 12.6.